The van der Waals surface area contributed by atoms with Gasteiger partial charge in [0.1, 0.15) is 6.04 Å². The van der Waals surface area contributed by atoms with Gasteiger partial charge in [0.15, 0.2) is 0 Å². The Morgan fingerprint density at radius 3 is 2.31 bits per heavy atom. The molecule has 0 bridgehead atoms. The van der Waals surface area contributed by atoms with Gasteiger partial charge in [-0.25, -0.2) is 9.86 Å². The summed E-state index contributed by atoms with van der Waals surface area (Å²) < 4.78 is 0. The van der Waals surface area contributed by atoms with Crippen LogP contribution in [0.15, 0.2) is 0 Å². The van der Waals surface area contributed by atoms with Crippen LogP contribution in [0.4, 0.5) is 4.79 Å². The average molecular weight is 193 g/mol. The van der Waals surface area contributed by atoms with Crippen LogP contribution in [0.2, 0.25) is 0 Å². The molecule has 2 amide bonds. The Labute approximate surface area is 76.2 Å². The summed E-state index contributed by atoms with van der Waals surface area (Å²) in [6.07, 6.45) is -1.24. The molecule has 0 aliphatic rings. The van der Waals surface area contributed by atoms with Crippen molar-refractivity contribution >= 4 is 12.0 Å². The monoisotopic (exact) mass is 193 g/mol. The fourth-order valence-corrected chi connectivity index (χ4v) is 0.610. The van der Waals surface area contributed by atoms with Crippen molar-refractivity contribution in [2.45, 2.75) is 13.0 Å². The van der Waals surface area contributed by atoms with E-state index in [9.17, 15) is 9.59 Å². The molecule has 0 aliphatic carbocycles. The second kappa shape index (κ2) is 6.21. The second-order valence-corrected chi connectivity index (χ2v) is 2.19. The first-order valence-electron chi connectivity index (χ1n) is 3.30. The van der Waals surface area contributed by atoms with Crippen LogP contribution in [-0.4, -0.2) is 42.4 Å². The van der Waals surface area contributed by atoms with Crippen molar-refractivity contribution in [3.05, 3.63) is 0 Å². The van der Waals surface area contributed by atoms with Crippen molar-refractivity contribution in [1.29, 1.82) is 0 Å². The zero-order chi connectivity index (χ0) is 9.72. The number of nitrogens with zero attached hydrogens (tertiary/aromatic N) is 1. The molecule has 0 fully saturated rings. The predicted octanol–water partition coefficient (Wildman–Crippen LogP) is -0.176. The lowest BCUT2D eigenvalue weighted by molar-refractivity contribution is -0.170. The highest BCUT2D eigenvalue weighted by Gasteiger charge is 2.18. The number of hydrogen-bond acceptors (Lipinski definition) is 4. The molecule has 78 valence electrons. The lowest BCUT2D eigenvalue weighted by Crippen LogP contribution is -2.44. The number of likely N-dealkylation sites (N-methyl/N-ethyl adjacent to an activating group) is 1. The summed E-state index contributed by atoms with van der Waals surface area (Å²) in [6.45, 7) is 1.44. The Hall–Kier alpha value is -1.34. The summed E-state index contributed by atoms with van der Waals surface area (Å²) >= 11 is 0. The van der Waals surface area contributed by atoms with Gasteiger partial charge in [-0.3, -0.25) is 9.63 Å². The van der Waals surface area contributed by atoms with Gasteiger partial charge in [-0.1, -0.05) is 0 Å². The molecule has 13 heavy (non-hydrogen) atoms. The molecular formula is C6H15N3O4. The maximum absolute atomic E-state index is 11.1. The van der Waals surface area contributed by atoms with Gasteiger partial charge in [0, 0.05) is 7.05 Å². The summed E-state index contributed by atoms with van der Waals surface area (Å²) in [7, 11) is 2.73. The first kappa shape index (κ1) is 14.2. The Morgan fingerprint density at radius 2 is 2.00 bits per heavy atom. The van der Waals surface area contributed by atoms with E-state index in [0.717, 1.165) is 5.06 Å². The Bertz CT molecular complexity index is 185. The van der Waals surface area contributed by atoms with E-state index in [1.165, 1.54) is 21.1 Å². The Kier molecular flexibility index (Phi) is 6.78. The lowest BCUT2D eigenvalue weighted by atomic mass is 10.3. The molecule has 0 saturated heterocycles. The van der Waals surface area contributed by atoms with E-state index in [1.54, 1.807) is 0 Å². The van der Waals surface area contributed by atoms with E-state index in [4.69, 9.17) is 5.11 Å². The molecule has 0 saturated carbocycles. The van der Waals surface area contributed by atoms with Crippen molar-refractivity contribution in [3.8, 4) is 0 Å². The molecule has 0 heterocycles. The van der Waals surface area contributed by atoms with Crippen LogP contribution >= 0.6 is 0 Å². The zero-order valence-corrected chi connectivity index (χ0v) is 7.90. The van der Waals surface area contributed by atoms with Gasteiger partial charge >= 0.3 is 6.09 Å². The van der Waals surface area contributed by atoms with E-state index in [0.29, 0.717) is 0 Å². The highest BCUT2D eigenvalue weighted by molar-refractivity contribution is 5.83. The first-order valence-corrected chi connectivity index (χ1v) is 3.30. The zero-order valence-electron chi connectivity index (χ0n) is 7.90. The van der Waals surface area contributed by atoms with Crippen molar-refractivity contribution in [2.75, 3.05) is 14.2 Å². The summed E-state index contributed by atoms with van der Waals surface area (Å²) in [5, 5.41) is 11.2. The molecule has 0 aromatic carbocycles. The van der Waals surface area contributed by atoms with Crippen LogP contribution in [0.1, 0.15) is 6.92 Å². The van der Waals surface area contributed by atoms with Gasteiger partial charge < -0.3 is 16.6 Å². The number of hydroxylamine groups is 2. The summed E-state index contributed by atoms with van der Waals surface area (Å²) in [6, 6.07) is -0.799. The largest absolute Gasteiger partial charge is 0.465 e. The molecule has 0 aromatic rings. The molecule has 7 heteroatoms. The fraction of sp³-hybridized carbons (Fsp3) is 0.667. The van der Waals surface area contributed by atoms with E-state index in [1.807, 2.05) is 5.32 Å². The van der Waals surface area contributed by atoms with Gasteiger partial charge in [-0.15, -0.1) is 0 Å². The summed E-state index contributed by atoms with van der Waals surface area (Å²) in [5.41, 5.74) is 0. The predicted molar refractivity (Wildman–Crippen MR) is 45.4 cm³/mol. The van der Waals surface area contributed by atoms with Crippen LogP contribution < -0.4 is 11.5 Å². The number of carboxylic acid groups (broad SMARTS) is 1. The van der Waals surface area contributed by atoms with Crippen molar-refractivity contribution in [1.82, 2.24) is 16.5 Å². The van der Waals surface area contributed by atoms with Crippen LogP contribution in [0.5, 0.6) is 0 Å². The molecule has 7 nitrogen and oxygen atoms in total. The average Bonchev–Trinajstić information content (AvgIpc) is 2.00. The molecular weight excluding hydrogens is 178 g/mol. The second-order valence-electron chi connectivity index (χ2n) is 2.19. The highest BCUT2D eigenvalue weighted by Crippen LogP contribution is 1.90. The van der Waals surface area contributed by atoms with Crippen LogP contribution in [0.25, 0.3) is 0 Å². The third-order valence-corrected chi connectivity index (χ3v) is 1.29. The number of carbonyl (C=O) groups is 2. The number of hydrogen-bond donors (Lipinski definition) is 3. The van der Waals surface area contributed by atoms with Crippen LogP contribution in [-0.2, 0) is 9.63 Å². The summed E-state index contributed by atoms with van der Waals surface area (Å²) in [4.78, 5) is 25.8. The minimum atomic E-state index is -1.24. The summed E-state index contributed by atoms with van der Waals surface area (Å²) in [5.74, 6) is -0.445. The SMILES string of the molecule is CON(C)C(=O)C(C)NC(=O)O.N. The van der Waals surface area contributed by atoms with Crippen molar-refractivity contribution in [3.63, 3.8) is 0 Å². The van der Waals surface area contributed by atoms with Gasteiger partial charge in [-0.2, -0.15) is 0 Å². The Morgan fingerprint density at radius 1 is 1.54 bits per heavy atom. The molecule has 5 N–H and O–H groups in total. The molecule has 0 aliphatic heterocycles. The van der Waals surface area contributed by atoms with E-state index in [-0.39, 0.29) is 6.15 Å². The molecule has 1 atom stereocenters. The minimum absolute atomic E-state index is 0. The van der Waals surface area contributed by atoms with Crippen LogP contribution in [0.3, 0.4) is 0 Å². The van der Waals surface area contributed by atoms with Gasteiger partial charge in [0.05, 0.1) is 7.11 Å². The Balaban J connectivity index is 0. The number of rotatable bonds is 3. The van der Waals surface area contributed by atoms with Gasteiger partial charge in [-0.05, 0) is 6.92 Å². The third kappa shape index (κ3) is 4.99. The number of carbonyl (C=O) groups excluding carboxylic acids is 1. The van der Waals surface area contributed by atoms with Crippen molar-refractivity contribution in [2.24, 2.45) is 0 Å². The third-order valence-electron chi connectivity index (χ3n) is 1.29. The fourth-order valence-electron chi connectivity index (χ4n) is 0.610. The van der Waals surface area contributed by atoms with E-state index < -0.39 is 18.0 Å². The maximum Gasteiger partial charge on any atom is 0.405 e. The van der Waals surface area contributed by atoms with Gasteiger partial charge in [0.2, 0.25) is 0 Å². The quantitative estimate of drug-likeness (QED) is 0.538. The molecule has 0 aromatic heterocycles. The van der Waals surface area contributed by atoms with E-state index in [2.05, 4.69) is 4.84 Å². The van der Waals surface area contributed by atoms with Crippen molar-refractivity contribution < 1.29 is 19.5 Å². The van der Waals surface area contributed by atoms with Gasteiger partial charge in [0.25, 0.3) is 5.91 Å². The first-order chi connectivity index (χ1) is 5.49. The molecule has 0 spiro atoms. The normalized spacial score (nSPS) is 11.0. The van der Waals surface area contributed by atoms with E-state index >= 15 is 0 Å². The maximum atomic E-state index is 11.1. The standard InChI is InChI=1S/C6H12N2O4.H3N/c1-4(7-6(10)11)5(9)8(2)12-3;/h4,7H,1-3H3,(H,10,11);1H3. The molecule has 0 rings (SSSR count). The smallest absolute Gasteiger partial charge is 0.405 e. The number of amides is 2. The lowest BCUT2D eigenvalue weighted by Gasteiger charge is -2.18. The molecule has 0 radical (unpaired) electrons. The number of nitrogens with one attached hydrogen (secondary N) is 1. The highest BCUT2D eigenvalue weighted by atomic mass is 16.7. The molecule has 1 unspecified atom stereocenters. The van der Waals surface area contributed by atoms with Crippen LogP contribution in [0, 0.1) is 0 Å². The minimum Gasteiger partial charge on any atom is -0.465 e. The topological polar surface area (TPSA) is 114 Å².